The fraction of sp³-hybridized carbons (Fsp3) is 0.375. The Hall–Kier alpha value is -2.68. The number of methoxy groups -OCH3 is 2. The van der Waals surface area contributed by atoms with Gasteiger partial charge in [-0.3, -0.25) is 0 Å². The van der Waals surface area contributed by atoms with Crippen molar-refractivity contribution in [2.75, 3.05) is 39.1 Å². The minimum absolute atomic E-state index is 0.0417. The maximum absolute atomic E-state index is 14.1. The van der Waals surface area contributed by atoms with Crippen molar-refractivity contribution in [3.05, 3.63) is 35.0 Å². The Morgan fingerprint density at radius 3 is 2.28 bits per heavy atom. The molecule has 0 saturated heterocycles. The number of carbonyl (C=O) groups excluding carboxylic acids is 2. The van der Waals surface area contributed by atoms with Crippen molar-refractivity contribution < 1.29 is 37.3 Å². The molecule has 0 spiro atoms. The van der Waals surface area contributed by atoms with Crippen LogP contribution in [0.4, 0.5) is 14.5 Å². The Morgan fingerprint density at radius 2 is 1.76 bits per heavy atom. The van der Waals surface area contributed by atoms with Gasteiger partial charge in [-0.05, 0) is 6.92 Å². The summed E-state index contributed by atoms with van der Waals surface area (Å²) in [6, 6.07) is 1.95. The second-order valence-corrected chi connectivity index (χ2v) is 4.89. The van der Waals surface area contributed by atoms with E-state index in [-0.39, 0.29) is 36.9 Å². The van der Waals surface area contributed by atoms with E-state index in [1.54, 1.807) is 6.92 Å². The van der Waals surface area contributed by atoms with Gasteiger partial charge in [-0.1, -0.05) is 0 Å². The fourth-order valence-electron chi connectivity index (χ4n) is 2.33. The van der Waals surface area contributed by atoms with Gasteiger partial charge in [0.1, 0.15) is 12.4 Å². The molecule has 0 N–H and O–H groups in total. The lowest BCUT2D eigenvalue weighted by Crippen LogP contribution is -2.38. The molecule has 0 unspecified atom stereocenters. The van der Waals surface area contributed by atoms with Crippen LogP contribution < -0.4 is 9.64 Å². The largest absolute Gasteiger partial charge is 0.488 e. The van der Waals surface area contributed by atoms with Gasteiger partial charge in [-0.15, -0.1) is 0 Å². The molecule has 2 rings (SSSR count). The first-order valence-corrected chi connectivity index (χ1v) is 7.31. The maximum atomic E-state index is 14.1. The van der Waals surface area contributed by atoms with E-state index in [1.165, 1.54) is 0 Å². The maximum Gasteiger partial charge on any atom is 0.355 e. The normalized spacial score (nSPS) is 14.4. The lowest BCUT2D eigenvalue weighted by Gasteiger charge is -2.31. The van der Waals surface area contributed by atoms with Crippen molar-refractivity contribution in [2.45, 2.75) is 6.92 Å². The molecule has 1 aliphatic rings. The van der Waals surface area contributed by atoms with Crippen molar-refractivity contribution in [3.63, 3.8) is 0 Å². The standard InChI is InChI=1S/C16H17F2NO6/c1-4-25-14-11(17)5-9(6-12(14)18)19-8-24-7-10(15(20)22-2)13(19)16(21)23-3/h5-6H,4,7-8H2,1-3H3. The molecule has 0 radical (unpaired) electrons. The zero-order valence-corrected chi connectivity index (χ0v) is 13.9. The van der Waals surface area contributed by atoms with Crippen LogP contribution >= 0.6 is 0 Å². The van der Waals surface area contributed by atoms with Crippen LogP contribution in [0.25, 0.3) is 0 Å². The first kappa shape index (κ1) is 18.7. The number of nitrogens with zero attached hydrogens (tertiary/aromatic N) is 1. The van der Waals surface area contributed by atoms with E-state index in [2.05, 4.69) is 9.47 Å². The monoisotopic (exact) mass is 357 g/mol. The first-order chi connectivity index (χ1) is 11.9. The number of hydrogen-bond donors (Lipinski definition) is 0. The summed E-state index contributed by atoms with van der Waals surface area (Å²) < 4.78 is 47.7. The highest BCUT2D eigenvalue weighted by atomic mass is 19.1. The first-order valence-electron chi connectivity index (χ1n) is 7.31. The third-order valence-corrected chi connectivity index (χ3v) is 3.42. The van der Waals surface area contributed by atoms with Crippen molar-refractivity contribution in [1.29, 1.82) is 0 Å². The van der Waals surface area contributed by atoms with Crippen LogP contribution in [0.5, 0.6) is 5.75 Å². The van der Waals surface area contributed by atoms with Gasteiger partial charge in [0.15, 0.2) is 17.4 Å². The van der Waals surface area contributed by atoms with Crippen molar-refractivity contribution in [1.82, 2.24) is 0 Å². The third-order valence-electron chi connectivity index (χ3n) is 3.42. The van der Waals surface area contributed by atoms with Crippen molar-refractivity contribution in [3.8, 4) is 5.75 Å². The van der Waals surface area contributed by atoms with Gasteiger partial charge >= 0.3 is 11.9 Å². The summed E-state index contributed by atoms with van der Waals surface area (Å²) >= 11 is 0. The average molecular weight is 357 g/mol. The highest BCUT2D eigenvalue weighted by Gasteiger charge is 2.33. The SMILES string of the molecule is CCOc1c(F)cc(N2COCC(C(=O)OC)=C2C(=O)OC)cc1F. The molecule has 0 fully saturated rings. The predicted molar refractivity (Wildman–Crippen MR) is 81.9 cm³/mol. The fourth-order valence-corrected chi connectivity index (χ4v) is 2.33. The number of anilines is 1. The summed E-state index contributed by atoms with van der Waals surface area (Å²) in [6.45, 7) is 1.26. The molecule has 0 amide bonds. The van der Waals surface area contributed by atoms with Crippen LogP contribution in [-0.2, 0) is 23.8 Å². The molecule has 9 heteroatoms. The molecule has 0 atom stereocenters. The summed E-state index contributed by atoms with van der Waals surface area (Å²) in [5, 5.41) is 0. The van der Waals surface area contributed by atoms with Gasteiger partial charge in [0.05, 0.1) is 33.0 Å². The number of rotatable bonds is 5. The Bertz CT molecular complexity index is 696. The number of benzene rings is 1. The van der Waals surface area contributed by atoms with Crippen LogP contribution in [0.3, 0.4) is 0 Å². The molecule has 0 aliphatic carbocycles. The van der Waals surface area contributed by atoms with Gasteiger partial charge in [0.25, 0.3) is 0 Å². The van der Waals surface area contributed by atoms with Crippen molar-refractivity contribution in [2.24, 2.45) is 0 Å². The summed E-state index contributed by atoms with van der Waals surface area (Å²) in [6.07, 6.45) is 0. The molecule has 136 valence electrons. The molecule has 7 nitrogen and oxygen atoms in total. The molecule has 0 saturated carbocycles. The zero-order valence-electron chi connectivity index (χ0n) is 13.9. The minimum Gasteiger partial charge on any atom is -0.488 e. The van der Waals surface area contributed by atoms with Crippen LogP contribution in [0.15, 0.2) is 23.4 Å². The quantitative estimate of drug-likeness (QED) is 0.744. The minimum atomic E-state index is -0.953. The molecular formula is C16H17F2NO6. The van der Waals surface area contributed by atoms with Crippen molar-refractivity contribution >= 4 is 17.6 Å². The van der Waals surface area contributed by atoms with Gasteiger partial charge in [-0.25, -0.2) is 18.4 Å². The van der Waals surface area contributed by atoms with E-state index in [4.69, 9.17) is 9.47 Å². The van der Waals surface area contributed by atoms with Gasteiger partial charge < -0.3 is 23.8 Å². The molecular weight excluding hydrogens is 340 g/mol. The van der Waals surface area contributed by atoms with Crippen LogP contribution in [-0.4, -0.2) is 46.1 Å². The zero-order chi connectivity index (χ0) is 18.6. The van der Waals surface area contributed by atoms with E-state index >= 15 is 0 Å². The second kappa shape index (κ2) is 7.93. The van der Waals surface area contributed by atoms with E-state index in [1.807, 2.05) is 0 Å². The number of carbonyl (C=O) groups is 2. The number of esters is 2. The Morgan fingerprint density at radius 1 is 1.16 bits per heavy atom. The number of hydrogen-bond acceptors (Lipinski definition) is 7. The molecule has 25 heavy (non-hydrogen) atoms. The molecule has 1 aromatic rings. The topological polar surface area (TPSA) is 74.3 Å². The van der Waals surface area contributed by atoms with Gasteiger partial charge in [-0.2, -0.15) is 0 Å². The summed E-state index contributed by atoms with van der Waals surface area (Å²) in [5.74, 6) is -4.10. The van der Waals surface area contributed by atoms with Gasteiger partial charge in [0, 0.05) is 17.8 Å². The molecule has 0 aromatic heterocycles. The third kappa shape index (κ3) is 3.71. The summed E-state index contributed by atoms with van der Waals surface area (Å²) in [5.41, 5.74) is -0.362. The Kier molecular flexibility index (Phi) is 5.92. The molecule has 1 aliphatic heterocycles. The number of halogens is 2. The van der Waals surface area contributed by atoms with Crippen LogP contribution in [0.1, 0.15) is 6.92 Å². The number of ether oxygens (including phenoxy) is 4. The molecule has 1 aromatic carbocycles. The van der Waals surface area contributed by atoms with E-state index in [9.17, 15) is 18.4 Å². The van der Waals surface area contributed by atoms with E-state index in [0.717, 1.165) is 31.3 Å². The highest BCUT2D eigenvalue weighted by molar-refractivity contribution is 6.03. The van der Waals surface area contributed by atoms with E-state index < -0.39 is 29.3 Å². The van der Waals surface area contributed by atoms with Crippen LogP contribution in [0.2, 0.25) is 0 Å². The summed E-state index contributed by atoms with van der Waals surface area (Å²) in [7, 11) is 2.26. The second-order valence-electron chi connectivity index (χ2n) is 4.89. The predicted octanol–water partition coefficient (Wildman–Crippen LogP) is 1.76. The van der Waals surface area contributed by atoms with E-state index in [0.29, 0.717) is 0 Å². The lowest BCUT2D eigenvalue weighted by molar-refractivity contribution is -0.140. The van der Waals surface area contributed by atoms with Gasteiger partial charge in [0.2, 0.25) is 0 Å². The summed E-state index contributed by atoms with van der Waals surface area (Å²) in [4.78, 5) is 25.1. The highest BCUT2D eigenvalue weighted by Crippen LogP contribution is 2.32. The molecule has 0 bridgehead atoms. The Balaban J connectivity index is 2.56. The van der Waals surface area contributed by atoms with Crippen LogP contribution in [0, 0.1) is 11.6 Å². The Labute approximate surface area is 142 Å². The average Bonchev–Trinajstić information content (AvgIpc) is 2.62. The molecule has 1 heterocycles. The smallest absolute Gasteiger partial charge is 0.355 e. The lowest BCUT2D eigenvalue weighted by atomic mass is 10.1.